The molecule has 0 saturated heterocycles. The Kier molecular flexibility index (Phi) is 4.73. The van der Waals surface area contributed by atoms with Crippen LogP contribution in [0.25, 0.3) is 0 Å². The van der Waals surface area contributed by atoms with Gasteiger partial charge in [-0.3, -0.25) is 0 Å². The van der Waals surface area contributed by atoms with E-state index in [1.54, 1.807) is 0 Å². The Morgan fingerprint density at radius 3 is 2.47 bits per heavy atom. The van der Waals surface area contributed by atoms with Crippen molar-refractivity contribution < 1.29 is 0 Å². The van der Waals surface area contributed by atoms with Gasteiger partial charge < -0.3 is 0 Å². The monoisotopic (exact) mass is 246 g/mol. The summed E-state index contributed by atoms with van der Waals surface area (Å²) in [5.74, 6) is 0.268. The highest BCUT2D eigenvalue weighted by molar-refractivity contribution is 7.12. The highest BCUT2D eigenvalue weighted by Crippen LogP contribution is 2.40. The predicted octanol–water partition coefficient (Wildman–Crippen LogP) is 4.23. The molecule has 0 saturated carbocycles. The molecule has 17 heavy (non-hydrogen) atoms. The third-order valence-corrected chi connectivity index (χ3v) is 4.43. The van der Waals surface area contributed by atoms with Crippen molar-refractivity contribution in [3.63, 3.8) is 0 Å². The number of hydrogen-bond donors (Lipinski definition) is 0. The Balaban J connectivity index is 3.14. The van der Waals surface area contributed by atoms with E-state index in [0.717, 1.165) is 24.1 Å². The molecule has 0 aliphatic heterocycles. The molecule has 1 aromatic rings. The number of thiophene rings is 1. The van der Waals surface area contributed by atoms with E-state index >= 15 is 0 Å². The van der Waals surface area contributed by atoms with Crippen LogP contribution in [0, 0.1) is 28.6 Å². The van der Waals surface area contributed by atoms with Crippen LogP contribution < -0.4 is 0 Å². The third kappa shape index (κ3) is 2.68. The minimum Gasteiger partial charge on any atom is -0.197 e. The Morgan fingerprint density at radius 1 is 1.35 bits per heavy atom. The van der Waals surface area contributed by atoms with E-state index in [1.165, 1.54) is 11.3 Å². The highest BCUT2D eigenvalue weighted by Gasteiger charge is 2.36. The summed E-state index contributed by atoms with van der Waals surface area (Å²) in [7, 11) is 0. The zero-order valence-corrected chi connectivity index (χ0v) is 11.5. The van der Waals surface area contributed by atoms with Crippen molar-refractivity contribution in [3.05, 3.63) is 21.9 Å². The van der Waals surface area contributed by atoms with E-state index < -0.39 is 5.41 Å². The lowest BCUT2D eigenvalue weighted by molar-refractivity contribution is 0.364. The van der Waals surface area contributed by atoms with E-state index in [0.29, 0.717) is 4.88 Å². The second-order valence-electron chi connectivity index (χ2n) is 4.62. The number of nitriles is 2. The maximum absolute atomic E-state index is 9.58. The Hall–Kier alpha value is -1.32. The molecular weight excluding hydrogens is 228 g/mol. The average Bonchev–Trinajstić information content (AvgIpc) is 2.79. The van der Waals surface area contributed by atoms with Crippen LogP contribution in [-0.4, -0.2) is 0 Å². The van der Waals surface area contributed by atoms with Gasteiger partial charge in [-0.05, 0) is 24.5 Å². The summed E-state index contributed by atoms with van der Waals surface area (Å²) in [5.41, 5.74) is -0.421. The molecule has 1 aromatic heterocycles. The standard InChI is InChI=1S/C14H18N2S/c1-4-5-8-14(10-16,11(2)3)13-7-6-12(9-15)17-13/h6-7,11H,4-5,8H2,1-3H3. The van der Waals surface area contributed by atoms with E-state index in [2.05, 4.69) is 32.9 Å². The second kappa shape index (κ2) is 5.84. The molecule has 0 aliphatic carbocycles. The van der Waals surface area contributed by atoms with Crippen LogP contribution in [0.3, 0.4) is 0 Å². The van der Waals surface area contributed by atoms with Gasteiger partial charge in [0.15, 0.2) is 0 Å². The number of hydrogen-bond acceptors (Lipinski definition) is 3. The Bertz CT molecular complexity index is 448. The van der Waals surface area contributed by atoms with Gasteiger partial charge in [0.2, 0.25) is 0 Å². The molecule has 0 bridgehead atoms. The van der Waals surface area contributed by atoms with Crippen LogP contribution in [0.15, 0.2) is 12.1 Å². The first-order valence-corrected chi connectivity index (χ1v) is 6.84. The quantitative estimate of drug-likeness (QED) is 0.780. The van der Waals surface area contributed by atoms with Crippen molar-refractivity contribution in [1.82, 2.24) is 0 Å². The normalized spacial score (nSPS) is 14.0. The average molecular weight is 246 g/mol. The SMILES string of the molecule is CCCCC(C#N)(c1ccc(C#N)s1)C(C)C. The Labute approximate surface area is 108 Å². The molecule has 1 heterocycles. The van der Waals surface area contributed by atoms with Gasteiger partial charge in [-0.1, -0.05) is 33.6 Å². The fraction of sp³-hybridized carbons (Fsp3) is 0.571. The Morgan fingerprint density at radius 2 is 2.06 bits per heavy atom. The molecule has 2 nitrogen and oxygen atoms in total. The van der Waals surface area contributed by atoms with Gasteiger partial charge in [0.05, 0.1) is 11.5 Å². The molecule has 0 spiro atoms. The number of rotatable bonds is 5. The van der Waals surface area contributed by atoms with Gasteiger partial charge in [-0.15, -0.1) is 11.3 Å². The third-order valence-electron chi connectivity index (χ3n) is 3.27. The molecule has 0 aromatic carbocycles. The minimum atomic E-state index is -0.421. The second-order valence-corrected chi connectivity index (χ2v) is 5.70. The van der Waals surface area contributed by atoms with Crippen LogP contribution >= 0.6 is 11.3 Å². The number of nitrogens with zero attached hydrogens (tertiary/aromatic N) is 2. The molecule has 0 fully saturated rings. The van der Waals surface area contributed by atoms with Crippen LogP contribution in [0.4, 0.5) is 0 Å². The number of unbranched alkanes of at least 4 members (excludes halogenated alkanes) is 1. The van der Waals surface area contributed by atoms with Gasteiger partial charge in [0.25, 0.3) is 0 Å². The van der Waals surface area contributed by atoms with Crippen LogP contribution in [0.5, 0.6) is 0 Å². The zero-order valence-electron chi connectivity index (χ0n) is 10.7. The van der Waals surface area contributed by atoms with Gasteiger partial charge in [0.1, 0.15) is 10.9 Å². The van der Waals surface area contributed by atoms with Crippen molar-refractivity contribution in [1.29, 1.82) is 10.5 Å². The fourth-order valence-electron chi connectivity index (χ4n) is 2.03. The lowest BCUT2D eigenvalue weighted by Crippen LogP contribution is -2.29. The lowest BCUT2D eigenvalue weighted by atomic mass is 9.73. The molecule has 90 valence electrons. The van der Waals surface area contributed by atoms with Crippen molar-refractivity contribution >= 4 is 11.3 Å². The zero-order chi connectivity index (χ0) is 12.9. The van der Waals surface area contributed by atoms with E-state index in [4.69, 9.17) is 5.26 Å². The first-order chi connectivity index (χ1) is 8.10. The van der Waals surface area contributed by atoms with Gasteiger partial charge in [-0.25, -0.2) is 0 Å². The molecule has 1 rings (SSSR count). The van der Waals surface area contributed by atoms with Crippen LogP contribution in [-0.2, 0) is 5.41 Å². The van der Waals surface area contributed by atoms with Crippen LogP contribution in [0.2, 0.25) is 0 Å². The van der Waals surface area contributed by atoms with Gasteiger partial charge in [0, 0.05) is 4.88 Å². The largest absolute Gasteiger partial charge is 0.197 e. The summed E-state index contributed by atoms with van der Waals surface area (Å²) < 4.78 is 0. The molecule has 1 unspecified atom stereocenters. The summed E-state index contributed by atoms with van der Waals surface area (Å²) in [6, 6.07) is 8.42. The van der Waals surface area contributed by atoms with Crippen molar-refractivity contribution in [2.45, 2.75) is 45.4 Å². The molecule has 0 amide bonds. The van der Waals surface area contributed by atoms with Gasteiger partial charge >= 0.3 is 0 Å². The molecular formula is C14H18N2S. The lowest BCUT2D eigenvalue weighted by Gasteiger charge is -2.29. The summed E-state index contributed by atoms with van der Waals surface area (Å²) >= 11 is 1.46. The first kappa shape index (κ1) is 13.7. The predicted molar refractivity (Wildman–Crippen MR) is 70.7 cm³/mol. The van der Waals surface area contributed by atoms with Gasteiger partial charge in [-0.2, -0.15) is 10.5 Å². The van der Waals surface area contributed by atoms with E-state index in [9.17, 15) is 5.26 Å². The molecule has 3 heteroatoms. The molecule has 0 radical (unpaired) electrons. The summed E-state index contributed by atoms with van der Waals surface area (Å²) in [4.78, 5) is 1.73. The van der Waals surface area contributed by atoms with Crippen LogP contribution in [0.1, 0.15) is 49.8 Å². The smallest absolute Gasteiger partial charge is 0.110 e. The van der Waals surface area contributed by atoms with E-state index in [-0.39, 0.29) is 5.92 Å². The maximum Gasteiger partial charge on any atom is 0.110 e. The van der Waals surface area contributed by atoms with Crippen molar-refractivity contribution in [2.24, 2.45) is 5.92 Å². The summed E-state index contributed by atoms with van der Waals surface area (Å²) in [6.45, 7) is 6.31. The molecule has 1 atom stereocenters. The fourth-order valence-corrected chi connectivity index (χ4v) is 3.15. The van der Waals surface area contributed by atoms with E-state index in [1.807, 2.05) is 12.1 Å². The first-order valence-electron chi connectivity index (χ1n) is 6.02. The molecule has 0 N–H and O–H groups in total. The highest BCUT2D eigenvalue weighted by atomic mass is 32.1. The topological polar surface area (TPSA) is 47.6 Å². The summed E-state index contributed by atoms with van der Waals surface area (Å²) in [5, 5.41) is 18.5. The minimum absolute atomic E-state index is 0.268. The molecule has 0 aliphatic rings. The summed E-state index contributed by atoms with van der Waals surface area (Å²) in [6.07, 6.45) is 3.02. The maximum atomic E-state index is 9.58. The van der Waals surface area contributed by atoms with Crippen molar-refractivity contribution in [3.8, 4) is 12.1 Å². The van der Waals surface area contributed by atoms with Crippen molar-refractivity contribution in [2.75, 3.05) is 0 Å².